The van der Waals surface area contributed by atoms with Crippen LogP contribution in [0.25, 0.3) is 0 Å². The first-order valence-electron chi connectivity index (χ1n) is 6.43. The molecule has 0 aliphatic carbocycles. The Morgan fingerprint density at radius 3 is 2.88 bits per heavy atom. The minimum absolute atomic E-state index is 0.436. The van der Waals surface area contributed by atoms with Crippen molar-refractivity contribution < 1.29 is 4.74 Å². The van der Waals surface area contributed by atoms with Crippen LogP contribution in [0.1, 0.15) is 26.2 Å². The zero-order valence-electron chi connectivity index (χ0n) is 10.2. The monoisotopic (exact) mass is 222 g/mol. The zero-order chi connectivity index (χ0) is 11.2. The summed E-state index contributed by atoms with van der Waals surface area (Å²) in [6, 6.07) is 1.07. The highest BCUT2D eigenvalue weighted by molar-refractivity contribution is 5.10. The van der Waals surface area contributed by atoms with Gasteiger partial charge in [-0.2, -0.15) is 0 Å². The predicted molar refractivity (Wildman–Crippen MR) is 65.3 cm³/mol. The average Bonchev–Trinajstić information content (AvgIpc) is 2.75. The minimum atomic E-state index is 0.436. The molecule has 0 aromatic carbocycles. The molecule has 2 fully saturated rings. The van der Waals surface area contributed by atoms with E-state index in [1.54, 1.807) is 0 Å². The molecule has 2 aliphatic heterocycles. The Morgan fingerprint density at radius 2 is 2.12 bits per heavy atom. The second-order valence-corrected chi connectivity index (χ2v) is 4.58. The number of nitrogens with one attached hydrogen (secondary N) is 1. The van der Waals surface area contributed by atoms with E-state index >= 15 is 0 Å². The molecule has 2 heterocycles. The van der Waals surface area contributed by atoms with E-state index in [0.717, 1.165) is 39.3 Å². The molecule has 2 saturated heterocycles. The summed E-state index contributed by atoms with van der Waals surface area (Å²) in [5.41, 5.74) is 0. The number of hydrogen-bond acceptors (Lipinski definition) is 3. The van der Waals surface area contributed by atoms with Crippen LogP contribution in [-0.2, 0) is 4.74 Å². The van der Waals surface area contributed by atoms with Gasteiger partial charge < -0.3 is 4.74 Å². The first kappa shape index (κ1) is 11.9. The molecule has 2 atom stereocenters. The third-order valence-electron chi connectivity index (χ3n) is 3.28. The van der Waals surface area contributed by atoms with Crippen molar-refractivity contribution in [2.75, 3.05) is 32.8 Å². The normalized spacial score (nSPS) is 31.1. The quantitative estimate of drug-likeness (QED) is 0.701. The molecule has 0 spiro atoms. The van der Waals surface area contributed by atoms with Crippen molar-refractivity contribution in [3.63, 3.8) is 0 Å². The number of rotatable bonds is 2. The lowest BCUT2D eigenvalue weighted by atomic mass is 10.2. The molecule has 0 amide bonds. The molecule has 90 valence electrons. The Kier molecular flexibility index (Phi) is 4.65. The fraction of sp³-hybridized carbons (Fsp3) is 0.846. The van der Waals surface area contributed by atoms with Crippen molar-refractivity contribution in [1.29, 1.82) is 0 Å². The third kappa shape index (κ3) is 3.48. The Labute approximate surface area is 98.5 Å². The van der Waals surface area contributed by atoms with E-state index in [-0.39, 0.29) is 0 Å². The van der Waals surface area contributed by atoms with Crippen LogP contribution < -0.4 is 5.32 Å². The minimum Gasteiger partial charge on any atom is -0.379 e. The lowest BCUT2D eigenvalue weighted by molar-refractivity contribution is 0.0343. The van der Waals surface area contributed by atoms with Gasteiger partial charge in [0.25, 0.3) is 0 Å². The van der Waals surface area contributed by atoms with E-state index in [4.69, 9.17) is 4.74 Å². The van der Waals surface area contributed by atoms with Crippen molar-refractivity contribution in [1.82, 2.24) is 10.2 Å². The lowest BCUT2D eigenvalue weighted by Gasteiger charge is -2.29. The van der Waals surface area contributed by atoms with Gasteiger partial charge in [-0.15, -0.1) is 5.92 Å². The smallest absolute Gasteiger partial charge is 0.0692 e. The first-order valence-corrected chi connectivity index (χ1v) is 6.43. The van der Waals surface area contributed by atoms with Gasteiger partial charge in [0, 0.05) is 32.1 Å². The molecular weight excluding hydrogens is 200 g/mol. The van der Waals surface area contributed by atoms with Crippen LogP contribution in [0.3, 0.4) is 0 Å². The molecule has 2 aliphatic rings. The summed E-state index contributed by atoms with van der Waals surface area (Å²) in [6.45, 7) is 7.23. The van der Waals surface area contributed by atoms with Crippen LogP contribution in [0.15, 0.2) is 0 Å². The summed E-state index contributed by atoms with van der Waals surface area (Å²) in [4.78, 5) is 2.50. The SMILES string of the molecule is CCC#CC1CC[C@H](CN2CCOCC2)N1. The van der Waals surface area contributed by atoms with E-state index in [1.807, 2.05) is 0 Å². The van der Waals surface area contributed by atoms with Crippen molar-refractivity contribution in [2.45, 2.75) is 38.3 Å². The number of ether oxygens (including phenoxy) is 1. The van der Waals surface area contributed by atoms with E-state index in [0.29, 0.717) is 12.1 Å². The standard InChI is InChI=1S/C13H22N2O/c1-2-3-4-12-5-6-13(14-12)11-15-7-9-16-10-8-15/h12-14H,2,5-11H2,1H3/t12?,13-/m1/s1. The van der Waals surface area contributed by atoms with Gasteiger partial charge in [-0.3, -0.25) is 10.2 Å². The van der Waals surface area contributed by atoms with Crippen LogP contribution in [0.5, 0.6) is 0 Å². The van der Waals surface area contributed by atoms with Crippen LogP contribution in [-0.4, -0.2) is 49.8 Å². The molecule has 0 bridgehead atoms. The van der Waals surface area contributed by atoms with Crippen LogP contribution in [0.4, 0.5) is 0 Å². The second-order valence-electron chi connectivity index (χ2n) is 4.58. The highest BCUT2D eigenvalue weighted by atomic mass is 16.5. The van der Waals surface area contributed by atoms with E-state index in [1.165, 1.54) is 12.8 Å². The van der Waals surface area contributed by atoms with E-state index < -0.39 is 0 Å². The maximum atomic E-state index is 5.35. The summed E-state index contributed by atoms with van der Waals surface area (Å²) in [6.07, 6.45) is 3.44. The highest BCUT2D eigenvalue weighted by Crippen LogP contribution is 2.13. The van der Waals surface area contributed by atoms with Crippen molar-refractivity contribution in [3.8, 4) is 11.8 Å². The molecule has 1 N–H and O–H groups in total. The van der Waals surface area contributed by atoms with Gasteiger partial charge in [0.2, 0.25) is 0 Å². The Morgan fingerprint density at radius 1 is 1.31 bits per heavy atom. The van der Waals surface area contributed by atoms with E-state index in [2.05, 4.69) is 29.0 Å². The van der Waals surface area contributed by atoms with Crippen LogP contribution in [0, 0.1) is 11.8 Å². The zero-order valence-corrected chi connectivity index (χ0v) is 10.2. The molecule has 0 saturated carbocycles. The second kappa shape index (κ2) is 6.24. The van der Waals surface area contributed by atoms with Gasteiger partial charge in [0.05, 0.1) is 19.3 Å². The summed E-state index contributed by atoms with van der Waals surface area (Å²) in [7, 11) is 0. The first-order chi connectivity index (χ1) is 7.88. The van der Waals surface area contributed by atoms with Crippen molar-refractivity contribution >= 4 is 0 Å². The Hall–Kier alpha value is -0.560. The fourth-order valence-corrected chi connectivity index (χ4v) is 2.40. The van der Waals surface area contributed by atoms with Crippen molar-refractivity contribution in [2.24, 2.45) is 0 Å². The average molecular weight is 222 g/mol. The number of nitrogens with zero attached hydrogens (tertiary/aromatic N) is 1. The Bertz CT molecular complexity index is 263. The topological polar surface area (TPSA) is 24.5 Å². The summed E-state index contributed by atoms with van der Waals surface area (Å²) in [5, 5.41) is 3.62. The molecular formula is C13H22N2O. The summed E-state index contributed by atoms with van der Waals surface area (Å²) in [5.74, 6) is 6.46. The van der Waals surface area contributed by atoms with Gasteiger partial charge in [-0.1, -0.05) is 12.8 Å². The van der Waals surface area contributed by atoms with Crippen LogP contribution in [0.2, 0.25) is 0 Å². The molecule has 0 radical (unpaired) electrons. The molecule has 2 rings (SSSR count). The van der Waals surface area contributed by atoms with Gasteiger partial charge in [-0.25, -0.2) is 0 Å². The lowest BCUT2D eigenvalue weighted by Crippen LogP contribution is -2.44. The van der Waals surface area contributed by atoms with E-state index in [9.17, 15) is 0 Å². The third-order valence-corrected chi connectivity index (χ3v) is 3.28. The molecule has 0 aromatic rings. The number of hydrogen-bond donors (Lipinski definition) is 1. The Balaban J connectivity index is 1.71. The summed E-state index contributed by atoms with van der Waals surface area (Å²) < 4.78 is 5.35. The summed E-state index contributed by atoms with van der Waals surface area (Å²) >= 11 is 0. The largest absolute Gasteiger partial charge is 0.379 e. The predicted octanol–water partition coefficient (Wildman–Crippen LogP) is 0.853. The molecule has 3 nitrogen and oxygen atoms in total. The maximum absolute atomic E-state index is 5.35. The van der Waals surface area contributed by atoms with Gasteiger partial charge in [-0.05, 0) is 12.8 Å². The van der Waals surface area contributed by atoms with Gasteiger partial charge in [0.1, 0.15) is 0 Å². The van der Waals surface area contributed by atoms with Gasteiger partial charge >= 0.3 is 0 Å². The molecule has 16 heavy (non-hydrogen) atoms. The number of morpholine rings is 1. The van der Waals surface area contributed by atoms with Gasteiger partial charge in [0.15, 0.2) is 0 Å². The fourth-order valence-electron chi connectivity index (χ4n) is 2.40. The molecule has 3 heteroatoms. The molecule has 1 unspecified atom stereocenters. The van der Waals surface area contributed by atoms with Crippen molar-refractivity contribution in [3.05, 3.63) is 0 Å². The van der Waals surface area contributed by atoms with Crippen LogP contribution >= 0.6 is 0 Å². The highest BCUT2D eigenvalue weighted by Gasteiger charge is 2.24. The molecule has 0 aromatic heterocycles. The maximum Gasteiger partial charge on any atom is 0.0692 e.